The number of hydrogen-bond donors (Lipinski definition) is 3. The summed E-state index contributed by atoms with van der Waals surface area (Å²) in [7, 11) is 0. The number of anilines is 1. The molecule has 194 valence electrons. The average molecular weight is 491 g/mol. The zero-order valence-corrected chi connectivity index (χ0v) is 22.1. The Labute approximate surface area is 216 Å². The van der Waals surface area contributed by atoms with Crippen LogP contribution < -0.4 is 10.6 Å². The van der Waals surface area contributed by atoms with Gasteiger partial charge in [0, 0.05) is 5.69 Å². The van der Waals surface area contributed by atoms with Gasteiger partial charge in [0.2, 0.25) is 5.91 Å². The van der Waals surface area contributed by atoms with Crippen LogP contribution in [0.15, 0.2) is 48.5 Å². The lowest BCUT2D eigenvalue weighted by Crippen LogP contribution is -2.52. The highest BCUT2D eigenvalue weighted by Crippen LogP contribution is 2.31. The van der Waals surface area contributed by atoms with E-state index in [-0.39, 0.29) is 17.2 Å². The van der Waals surface area contributed by atoms with Crippen LogP contribution in [0, 0.1) is 11.8 Å². The molecule has 1 heterocycles. The quantitative estimate of drug-likeness (QED) is 0.417. The van der Waals surface area contributed by atoms with E-state index in [4.69, 9.17) is 0 Å². The molecule has 3 atom stereocenters. The molecule has 4 rings (SSSR count). The summed E-state index contributed by atoms with van der Waals surface area (Å²) < 4.78 is 0. The number of carbonyl (C=O) groups is 2. The number of fused-ring (bicyclic) bond motifs is 1. The standard InChI is InChI=1S/C31H42N2O3/c1-31(2,3)25-16-13-22(14-17-25)19-24-20-23-11-7-8-12-26(23)33-29(34)28(24)32-27(30(35)36)18-15-21-9-5-4-6-10-21/h7-8,11-14,16-17,21,24,27-28,32H,4-6,9-10,15,18-20H2,1-3H3,(H,33,34)(H,35,36)/t24?,27-,28+/m0/s1. The van der Waals surface area contributed by atoms with Gasteiger partial charge in [0.1, 0.15) is 6.04 Å². The second kappa shape index (κ2) is 11.6. The van der Waals surface area contributed by atoms with E-state index >= 15 is 0 Å². The van der Waals surface area contributed by atoms with Crippen molar-refractivity contribution < 1.29 is 14.7 Å². The van der Waals surface area contributed by atoms with E-state index in [9.17, 15) is 14.7 Å². The summed E-state index contributed by atoms with van der Waals surface area (Å²) in [6.45, 7) is 6.61. The Morgan fingerprint density at radius 1 is 1.06 bits per heavy atom. The number of benzene rings is 2. The van der Waals surface area contributed by atoms with Gasteiger partial charge in [-0.1, -0.05) is 95.3 Å². The fraction of sp³-hybridized carbons (Fsp3) is 0.548. The number of rotatable bonds is 8. The molecule has 2 aliphatic rings. The van der Waals surface area contributed by atoms with E-state index in [1.165, 1.54) is 43.2 Å². The molecule has 0 aromatic heterocycles. The van der Waals surface area contributed by atoms with Crippen LogP contribution in [-0.2, 0) is 27.8 Å². The molecule has 1 amide bonds. The number of carboxylic acids is 1. The Morgan fingerprint density at radius 3 is 2.42 bits per heavy atom. The highest BCUT2D eigenvalue weighted by molar-refractivity contribution is 5.97. The van der Waals surface area contributed by atoms with Crippen molar-refractivity contribution in [2.24, 2.45) is 11.8 Å². The van der Waals surface area contributed by atoms with Crippen LogP contribution in [0.2, 0.25) is 0 Å². The van der Waals surface area contributed by atoms with Gasteiger partial charge < -0.3 is 10.4 Å². The molecule has 5 nitrogen and oxygen atoms in total. The van der Waals surface area contributed by atoms with Gasteiger partial charge >= 0.3 is 5.97 Å². The fourth-order valence-corrected chi connectivity index (χ4v) is 5.86. The first-order valence-electron chi connectivity index (χ1n) is 13.7. The first kappa shape index (κ1) is 26.4. The van der Waals surface area contributed by atoms with Crippen LogP contribution in [-0.4, -0.2) is 29.1 Å². The van der Waals surface area contributed by atoms with Crippen LogP contribution in [0.1, 0.15) is 82.4 Å². The summed E-state index contributed by atoms with van der Waals surface area (Å²) in [6, 6.07) is 15.3. The molecule has 0 spiro atoms. The van der Waals surface area contributed by atoms with Gasteiger partial charge in [-0.3, -0.25) is 14.9 Å². The lowest BCUT2D eigenvalue weighted by atomic mass is 9.83. The molecule has 2 aromatic carbocycles. The predicted molar refractivity (Wildman–Crippen MR) is 145 cm³/mol. The first-order valence-corrected chi connectivity index (χ1v) is 13.7. The van der Waals surface area contributed by atoms with Crippen LogP contribution in [0.25, 0.3) is 0 Å². The minimum Gasteiger partial charge on any atom is -0.480 e. The van der Waals surface area contributed by atoms with E-state index in [2.05, 4.69) is 61.7 Å². The smallest absolute Gasteiger partial charge is 0.320 e. The molecule has 0 bridgehead atoms. The summed E-state index contributed by atoms with van der Waals surface area (Å²) in [4.78, 5) is 25.7. The maximum absolute atomic E-state index is 13.5. The maximum atomic E-state index is 13.5. The Morgan fingerprint density at radius 2 is 1.75 bits per heavy atom. The molecule has 1 unspecified atom stereocenters. The summed E-state index contributed by atoms with van der Waals surface area (Å²) >= 11 is 0. The highest BCUT2D eigenvalue weighted by Gasteiger charge is 2.36. The highest BCUT2D eigenvalue weighted by atomic mass is 16.4. The molecule has 5 heteroatoms. The van der Waals surface area contributed by atoms with Gasteiger partial charge in [-0.25, -0.2) is 0 Å². The van der Waals surface area contributed by atoms with Crippen molar-refractivity contribution in [1.82, 2.24) is 5.32 Å². The number of hydrogen-bond acceptors (Lipinski definition) is 3. The van der Waals surface area contributed by atoms with E-state index in [0.29, 0.717) is 25.2 Å². The van der Waals surface area contributed by atoms with Crippen molar-refractivity contribution in [3.05, 3.63) is 65.2 Å². The number of para-hydroxylation sites is 1. The largest absolute Gasteiger partial charge is 0.480 e. The number of carboxylic acid groups (broad SMARTS) is 1. The second-order valence-corrected chi connectivity index (χ2v) is 11.9. The molecule has 1 aliphatic carbocycles. The first-order chi connectivity index (χ1) is 17.2. The molecule has 0 saturated heterocycles. The van der Waals surface area contributed by atoms with Crippen molar-refractivity contribution in [1.29, 1.82) is 0 Å². The van der Waals surface area contributed by atoms with Crippen molar-refractivity contribution >= 4 is 17.6 Å². The third kappa shape index (κ3) is 6.76. The number of aliphatic carboxylic acids is 1. The van der Waals surface area contributed by atoms with Gasteiger partial charge in [-0.15, -0.1) is 0 Å². The average Bonchev–Trinajstić information content (AvgIpc) is 2.97. The third-order valence-corrected chi connectivity index (χ3v) is 8.10. The lowest BCUT2D eigenvalue weighted by molar-refractivity contribution is -0.140. The third-order valence-electron chi connectivity index (χ3n) is 8.10. The Bertz CT molecular complexity index is 1030. The Hall–Kier alpha value is -2.66. The van der Waals surface area contributed by atoms with Crippen molar-refractivity contribution in [3.63, 3.8) is 0 Å². The van der Waals surface area contributed by atoms with Gasteiger partial charge in [-0.05, 0) is 65.7 Å². The van der Waals surface area contributed by atoms with E-state index in [0.717, 1.165) is 17.7 Å². The Kier molecular flexibility index (Phi) is 8.50. The molecular weight excluding hydrogens is 448 g/mol. The van der Waals surface area contributed by atoms with E-state index in [1.807, 2.05) is 18.2 Å². The van der Waals surface area contributed by atoms with Gasteiger partial charge in [-0.2, -0.15) is 0 Å². The van der Waals surface area contributed by atoms with Gasteiger partial charge in [0.25, 0.3) is 0 Å². The summed E-state index contributed by atoms with van der Waals surface area (Å²) in [6.07, 6.45) is 9.04. The van der Waals surface area contributed by atoms with E-state index < -0.39 is 18.1 Å². The fourth-order valence-electron chi connectivity index (χ4n) is 5.86. The van der Waals surface area contributed by atoms with E-state index in [1.54, 1.807) is 0 Å². The predicted octanol–water partition coefficient (Wildman–Crippen LogP) is 6.11. The zero-order valence-electron chi connectivity index (χ0n) is 22.1. The van der Waals surface area contributed by atoms with Gasteiger partial charge in [0.15, 0.2) is 0 Å². The molecule has 2 aromatic rings. The van der Waals surface area contributed by atoms with Crippen molar-refractivity contribution in [3.8, 4) is 0 Å². The van der Waals surface area contributed by atoms with Crippen molar-refractivity contribution in [2.75, 3.05) is 5.32 Å². The van der Waals surface area contributed by atoms with Crippen molar-refractivity contribution in [2.45, 2.75) is 96.1 Å². The molecule has 0 radical (unpaired) electrons. The normalized spacial score (nSPS) is 21.8. The lowest BCUT2D eigenvalue weighted by Gasteiger charge is -2.29. The molecule has 1 aliphatic heterocycles. The van der Waals surface area contributed by atoms with Gasteiger partial charge in [0.05, 0.1) is 6.04 Å². The Balaban J connectivity index is 1.55. The molecule has 1 saturated carbocycles. The topological polar surface area (TPSA) is 78.4 Å². The maximum Gasteiger partial charge on any atom is 0.320 e. The molecule has 1 fully saturated rings. The summed E-state index contributed by atoms with van der Waals surface area (Å²) in [5, 5.41) is 16.4. The molecular formula is C31H42N2O3. The number of carbonyl (C=O) groups excluding carboxylic acids is 1. The minimum absolute atomic E-state index is 0.0503. The monoisotopic (exact) mass is 490 g/mol. The number of nitrogens with one attached hydrogen (secondary N) is 2. The summed E-state index contributed by atoms with van der Waals surface area (Å²) in [5.41, 5.74) is 4.45. The second-order valence-electron chi connectivity index (χ2n) is 11.9. The van der Waals surface area contributed by atoms with Crippen LogP contribution in [0.3, 0.4) is 0 Å². The molecule has 3 N–H and O–H groups in total. The summed E-state index contributed by atoms with van der Waals surface area (Å²) in [5.74, 6) is -0.453. The zero-order chi connectivity index (χ0) is 25.7. The van der Waals surface area contributed by atoms with Crippen LogP contribution >= 0.6 is 0 Å². The molecule has 36 heavy (non-hydrogen) atoms. The minimum atomic E-state index is -0.867. The number of amides is 1. The SMILES string of the molecule is CC(C)(C)c1ccc(CC2Cc3ccccc3NC(=O)[C@@H]2N[C@@H](CCC2CCCCC2)C(=O)O)cc1. The van der Waals surface area contributed by atoms with Crippen LogP contribution in [0.5, 0.6) is 0 Å². The van der Waals surface area contributed by atoms with Crippen LogP contribution in [0.4, 0.5) is 5.69 Å².